The van der Waals surface area contributed by atoms with Gasteiger partial charge in [0, 0.05) is 32.4 Å². The van der Waals surface area contributed by atoms with Gasteiger partial charge in [0.1, 0.15) is 11.6 Å². The lowest BCUT2D eigenvalue weighted by atomic mass is 10.1. The molecule has 0 radical (unpaired) electrons. The largest absolute Gasteiger partial charge is 0.484 e. The van der Waals surface area contributed by atoms with Gasteiger partial charge in [0.25, 0.3) is 5.91 Å². The van der Waals surface area contributed by atoms with Crippen molar-refractivity contribution < 1.29 is 23.9 Å². The van der Waals surface area contributed by atoms with Gasteiger partial charge < -0.3 is 25.0 Å². The van der Waals surface area contributed by atoms with Crippen LogP contribution in [0.5, 0.6) is 5.75 Å². The van der Waals surface area contributed by atoms with Crippen LogP contribution in [0.2, 0.25) is 0 Å². The second-order valence-electron chi connectivity index (χ2n) is 7.07. The Morgan fingerprint density at radius 2 is 1.74 bits per heavy atom. The van der Waals surface area contributed by atoms with Gasteiger partial charge in [-0.2, -0.15) is 0 Å². The lowest BCUT2D eigenvalue weighted by molar-refractivity contribution is -0.133. The minimum absolute atomic E-state index is 0.0539. The summed E-state index contributed by atoms with van der Waals surface area (Å²) in [4.78, 5) is 43.3. The van der Waals surface area contributed by atoms with Gasteiger partial charge in [-0.1, -0.05) is 12.1 Å². The van der Waals surface area contributed by atoms with Gasteiger partial charge in [-0.05, 0) is 36.8 Å². The first kappa shape index (κ1) is 22.1. The molecule has 164 valence electrons. The molecule has 2 heterocycles. The van der Waals surface area contributed by atoms with Crippen molar-refractivity contribution >= 4 is 23.6 Å². The molecule has 1 aliphatic rings. The van der Waals surface area contributed by atoms with Gasteiger partial charge in [-0.25, -0.2) is 9.78 Å². The fourth-order valence-electron chi connectivity index (χ4n) is 3.23. The molecule has 9 heteroatoms. The second kappa shape index (κ2) is 10.4. The lowest BCUT2D eigenvalue weighted by Gasteiger charge is -2.35. The first-order valence-electron chi connectivity index (χ1n) is 10.1. The van der Waals surface area contributed by atoms with Crippen molar-refractivity contribution in [1.29, 1.82) is 0 Å². The molecule has 0 aliphatic carbocycles. The molecule has 9 nitrogen and oxygen atoms in total. The van der Waals surface area contributed by atoms with E-state index in [4.69, 9.17) is 15.2 Å². The van der Waals surface area contributed by atoms with Crippen molar-refractivity contribution in [3.63, 3.8) is 0 Å². The van der Waals surface area contributed by atoms with E-state index in [2.05, 4.69) is 9.88 Å². The van der Waals surface area contributed by atoms with Crippen LogP contribution in [0.15, 0.2) is 42.6 Å². The van der Waals surface area contributed by atoms with Crippen LogP contribution >= 0.6 is 0 Å². The minimum Gasteiger partial charge on any atom is -0.484 e. The van der Waals surface area contributed by atoms with Gasteiger partial charge in [0.15, 0.2) is 6.61 Å². The number of hydrogen-bond acceptors (Lipinski definition) is 7. The zero-order chi connectivity index (χ0) is 22.2. The number of amides is 2. The summed E-state index contributed by atoms with van der Waals surface area (Å²) in [6.07, 6.45) is 1.68. The number of carbonyl (C=O) groups is 3. The van der Waals surface area contributed by atoms with Crippen molar-refractivity contribution in [1.82, 2.24) is 9.88 Å². The van der Waals surface area contributed by atoms with Gasteiger partial charge >= 0.3 is 5.97 Å². The monoisotopic (exact) mass is 426 g/mol. The van der Waals surface area contributed by atoms with Crippen molar-refractivity contribution in [3.05, 3.63) is 53.7 Å². The highest BCUT2D eigenvalue weighted by molar-refractivity contribution is 5.89. The summed E-state index contributed by atoms with van der Waals surface area (Å²) in [7, 11) is 0. The smallest absolute Gasteiger partial charge is 0.339 e. The Bertz CT molecular complexity index is 907. The van der Waals surface area contributed by atoms with Crippen LogP contribution in [-0.2, 0) is 20.7 Å². The molecule has 1 fully saturated rings. The Hall–Kier alpha value is -3.62. The van der Waals surface area contributed by atoms with E-state index < -0.39 is 5.91 Å². The maximum Gasteiger partial charge on any atom is 0.339 e. The normalized spacial score (nSPS) is 13.6. The van der Waals surface area contributed by atoms with Crippen LogP contribution in [0.25, 0.3) is 0 Å². The van der Waals surface area contributed by atoms with E-state index >= 15 is 0 Å². The average molecular weight is 426 g/mol. The molecular weight excluding hydrogens is 400 g/mol. The number of benzene rings is 1. The number of nitrogens with two attached hydrogens (primary N) is 1. The molecule has 1 saturated heterocycles. The van der Waals surface area contributed by atoms with Gasteiger partial charge in [0.2, 0.25) is 5.91 Å². The SMILES string of the molecule is CCOC(=O)c1ccc(N2CCN(C(=O)COc3ccc(CC(N)=O)cc3)CC2)nc1. The number of piperazine rings is 1. The minimum atomic E-state index is -0.395. The van der Waals surface area contributed by atoms with E-state index in [-0.39, 0.29) is 24.9 Å². The third-order valence-electron chi connectivity index (χ3n) is 4.88. The van der Waals surface area contributed by atoms with Crippen molar-refractivity contribution in [2.24, 2.45) is 5.73 Å². The number of aromatic nitrogens is 1. The van der Waals surface area contributed by atoms with Crippen LogP contribution in [-0.4, -0.2) is 67.1 Å². The summed E-state index contributed by atoms with van der Waals surface area (Å²) in [6, 6.07) is 10.4. The molecule has 0 unspecified atom stereocenters. The van der Waals surface area contributed by atoms with Gasteiger partial charge in [-0.15, -0.1) is 0 Å². The average Bonchev–Trinajstić information content (AvgIpc) is 2.78. The van der Waals surface area contributed by atoms with E-state index in [9.17, 15) is 14.4 Å². The van der Waals surface area contributed by atoms with E-state index in [1.807, 2.05) is 0 Å². The number of primary amides is 1. The lowest BCUT2D eigenvalue weighted by Crippen LogP contribution is -2.50. The zero-order valence-electron chi connectivity index (χ0n) is 17.5. The summed E-state index contributed by atoms with van der Waals surface area (Å²) in [5, 5.41) is 0. The van der Waals surface area contributed by atoms with Crippen LogP contribution in [0.1, 0.15) is 22.8 Å². The summed E-state index contributed by atoms with van der Waals surface area (Å²) in [6.45, 7) is 4.41. The van der Waals surface area contributed by atoms with E-state index in [1.165, 1.54) is 6.20 Å². The van der Waals surface area contributed by atoms with Crippen molar-refractivity contribution in [2.45, 2.75) is 13.3 Å². The van der Waals surface area contributed by atoms with Gasteiger partial charge in [-0.3, -0.25) is 9.59 Å². The fraction of sp³-hybridized carbons (Fsp3) is 0.364. The maximum absolute atomic E-state index is 12.5. The second-order valence-corrected chi connectivity index (χ2v) is 7.07. The van der Waals surface area contributed by atoms with E-state index in [1.54, 1.807) is 48.2 Å². The molecule has 31 heavy (non-hydrogen) atoms. The maximum atomic E-state index is 12.5. The number of pyridine rings is 1. The first-order valence-corrected chi connectivity index (χ1v) is 10.1. The highest BCUT2D eigenvalue weighted by atomic mass is 16.5. The quantitative estimate of drug-likeness (QED) is 0.627. The third-order valence-corrected chi connectivity index (χ3v) is 4.88. The molecule has 0 saturated carbocycles. The number of hydrogen-bond donors (Lipinski definition) is 1. The summed E-state index contributed by atoms with van der Waals surface area (Å²) in [5.41, 5.74) is 6.39. The Balaban J connectivity index is 1.45. The Morgan fingerprint density at radius 3 is 2.32 bits per heavy atom. The first-order chi connectivity index (χ1) is 15.0. The molecular formula is C22H26N4O5. The Morgan fingerprint density at radius 1 is 1.03 bits per heavy atom. The highest BCUT2D eigenvalue weighted by Crippen LogP contribution is 2.16. The summed E-state index contributed by atoms with van der Waals surface area (Å²) >= 11 is 0. The topological polar surface area (TPSA) is 115 Å². The molecule has 3 rings (SSSR count). The van der Waals surface area contributed by atoms with Crippen LogP contribution < -0.4 is 15.4 Å². The van der Waals surface area contributed by atoms with Crippen LogP contribution in [0.3, 0.4) is 0 Å². The Kier molecular flexibility index (Phi) is 7.42. The van der Waals surface area contributed by atoms with Crippen molar-refractivity contribution in [3.8, 4) is 5.75 Å². The van der Waals surface area contributed by atoms with Gasteiger partial charge in [0.05, 0.1) is 18.6 Å². The Labute approximate surface area is 180 Å². The fourth-order valence-corrected chi connectivity index (χ4v) is 3.23. The number of nitrogens with zero attached hydrogens (tertiary/aromatic N) is 3. The van der Waals surface area contributed by atoms with Crippen LogP contribution in [0, 0.1) is 0 Å². The predicted molar refractivity (Wildman–Crippen MR) is 114 cm³/mol. The molecule has 2 N–H and O–H groups in total. The molecule has 2 aromatic rings. The molecule has 1 aliphatic heterocycles. The number of esters is 1. The molecule has 2 amide bonds. The predicted octanol–water partition coefficient (Wildman–Crippen LogP) is 1.01. The zero-order valence-corrected chi connectivity index (χ0v) is 17.5. The molecule has 1 aromatic carbocycles. The molecule has 0 atom stereocenters. The number of carbonyl (C=O) groups excluding carboxylic acids is 3. The number of anilines is 1. The number of rotatable bonds is 8. The highest BCUT2D eigenvalue weighted by Gasteiger charge is 2.22. The van der Waals surface area contributed by atoms with E-state index in [0.29, 0.717) is 44.1 Å². The standard InChI is InChI=1S/C22H26N4O5/c1-2-30-22(29)17-5-8-20(24-14-17)25-9-11-26(12-10-25)21(28)15-31-18-6-3-16(4-7-18)13-19(23)27/h3-8,14H,2,9-13,15H2,1H3,(H2,23,27). The molecule has 0 bridgehead atoms. The van der Waals surface area contributed by atoms with E-state index in [0.717, 1.165) is 11.4 Å². The number of ether oxygens (including phenoxy) is 2. The summed E-state index contributed by atoms with van der Waals surface area (Å²) in [5.74, 6) is 0.442. The third kappa shape index (κ3) is 6.18. The van der Waals surface area contributed by atoms with Crippen molar-refractivity contribution in [2.75, 3.05) is 44.3 Å². The molecule has 0 spiro atoms. The van der Waals surface area contributed by atoms with Crippen LogP contribution in [0.4, 0.5) is 5.82 Å². The molecule has 1 aromatic heterocycles. The summed E-state index contributed by atoms with van der Waals surface area (Å²) < 4.78 is 10.5.